The highest BCUT2D eigenvalue weighted by atomic mass is 32.2. The van der Waals surface area contributed by atoms with Gasteiger partial charge in [0, 0.05) is 17.6 Å². The fourth-order valence-corrected chi connectivity index (χ4v) is 5.95. The number of benzene rings is 1. The van der Waals surface area contributed by atoms with Crippen molar-refractivity contribution in [2.45, 2.75) is 36.6 Å². The molecule has 0 unspecified atom stereocenters. The van der Waals surface area contributed by atoms with Crippen LogP contribution in [-0.4, -0.2) is 37.5 Å². The van der Waals surface area contributed by atoms with Crippen LogP contribution in [0.3, 0.4) is 0 Å². The number of carbonyl (C=O) groups is 1. The summed E-state index contributed by atoms with van der Waals surface area (Å²) in [6.07, 6.45) is 5.35. The Labute approximate surface area is 175 Å². The van der Waals surface area contributed by atoms with Crippen LogP contribution in [0.15, 0.2) is 53.7 Å². The van der Waals surface area contributed by atoms with Crippen LogP contribution in [0.25, 0.3) is 11.0 Å². The first-order chi connectivity index (χ1) is 14.4. The number of nitrogens with one attached hydrogen (secondary N) is 1. The number of ether oxygens (including phenoxy) is 1. The summed E-state index contributed by atoms with van der Waals surface area (Å²) in [6, 6.07) is 9.76. The second-order valence-electron chi connectivity index (χ2n) is 7.44. The van der Waals surface area contributed by atoms with Crippen LogP contribution < -0.4 is 10.0 Å². The number of fused-ring (bicyclic) bond motifs is 1. The van der Waals surface area contributed by atoms with Crippen LogP contribution in [0, 0.1) is 5.92 Å². The van der Waals surface area contributed by atoms with Crippen molar-refractivity contribution < 1.29 is 17.9 Å². The highest BCUT2D eigenvalue weighted by Gasteiger charge is 2.38. The van der Waals surface area contributed by atoms with E-state index in [9.17, 15) is 13.2 Å². The standard InChI is InChI=1S/C21H24N4O4S/c1-29-21(26)14-7-9-15(10-8-14)25(30(27,28)16-5-3-2-4-6-16)19-17-11-12-23-20(17)24-13-18(19)22/h2-6,11-15H,7-10,22H2,1H3,(H,23,24). The third kappa shape index (κ3) is 3.49. The predicted octanol–water partition coefficient (Wildman–Crippen LogP) is 3.07. The number of pyridine rings is 1. The Bertz CT molecular complexity index is 1150. The van der Waals surface area contributed by atoms with Gasteiger partial charge < -0.3 is 15.5 Å². The Kier molecular flexibility index (Phi) is 5.38. The van der Waals surface area contributed by atoms with E-state index in [4.69, 9.17) is 10.5 Å². The maximum absolute atomic E-state index is 13.8. The first kappa shape index (κ1) is 20.2. The van der Waals surface area contributed by atoms with Crippen molar-refractivity contribution in [1.29, 1.82) is 0 Å². The van der Waals surface area contributed by atoms with Crippen molar-refractivity contribution in [1.82, 2.24) is 9.97 Å². The number of hydrogen-bond donors (Lipinski definition) is 2. The van der Waals surface area contributed by atoms with Gasteiger partial charge in [0.05, 0.1) is 35.5 Å². The quantitative estimate of drug-likeness (QED) is 0.603. The molecule has 0 aliphatic heterocycles. The minimum Gasteiger partial charge on any atom is -0.469 e. The summed E-state index contributed by atoms with van der Waals surface area (Å²) >= 11 is 0. The highest BCUT2D eigenvalue weighted by molar-refractivity contribution is 7.93. The molecule has 158 valence electrons. The number of nitrogens with two attached hydrogens (primary N) is 1. The zero-order valence-electron chi connectivity index (χ0n) is 16.6. The maximum atomic E-state index is 13.8. The topological polar surface area (TPSA) is 118 Å². The molecule has 1 aromatic carbocycles. The average Bonchev–Trinajstić information content (AvgIpc) is 3.25. The summed E-state index contributed by atoms with van der Waals surface area (Å²) in [5.41, 5.74) is 7.55. The van der Waals surface area contributed by atoms with Gasteiger partial charge in [-0.15, -0.1) is 0 Å². The number of esters is 1. The molecule has 0 radical (unpaired) electrons. The molecule has 30 heavy (non-hydrogen) atoms. The van der Waals surface area contributed by atoms with Gasteiger partial charge in [-0.2, -0.15) is 0 Å². The van der Waals surface area contributed by atoms with Crippen LogP contribution in [0.5, 0.6) is 0 Å². The van der Waals surface area contributed by atoms with Gasteiger partial charge >= 0.3 is 5.97 Å². The first-order valence-corrected chi connectivity index (χ1v) is 11.3. The third-order valence-electron chi connectivity index (χ3n) is 5.67. The largest absolute Gasteiger partial charge is 0.469 e. The molecule has 1 saturated carbocycles. The Morgan fingerprint density at radius 2 is 1.87 bits per heavy atom. The van der Waals surface area contributed by atoms with Crippen molar-refractivity contribution in [3.05, 3.63) is 48.8 Å². The van der Waals surface area contributed by atoms with Crippen LogP contribution in [-0.2, 0) is 19.6 Å². The number of sulfonamides is 1. The second-order valence-corrected chi connectivity index (χ2v) is 9.26. The number of aromatic amines is 1. The minimum atomic E-state index is -3.89. The molecule has 9 heteroatoms. The van der Waals surface area contributed by atoms with Gasteiger partial charge in [-0.1, -0.05) is 18.2 Å². The summed E-state index contributed by atoms with van der Waals surface area (Å²) < 4.78 is 33.8. The Morgan fingerprint density at radius 3 is 2.53 bits per heavy atom. The van der Waals surface area contributed by atoms with E-state index in [0.29, 0.717) is 42.4 Å². The molecule has 1 fully saturated rings. The number of hydrogen-bond acceptors (Lipinski definition) is 6. The lowest BCUT2D eigenvalue weighted by molar-refractivity contribution is -0.146. The van der Waals surface area contributed by atoms with Crippen LogP contribution >= 0.6 is 0 Å². The summed E-state index contributed by atoms with van der Waals surface area (Å²) in [6.45, 7) is 0. The zero-order chi connectivity index (χ0) is 21.3. The number of methoxy groups -OCH3 is 1. The predicted molar refractivity (Wildman–Crippen MR) is 114 cm³/mol. The molecule has 2 aromatic heterocycles. The summed E-state index contributed by atoms with van der Waals surface area (Å²) in [5.74, 6) is -0.461. The van der Waals surface area contributed by atoms with Crippen molar-refractivity contribution in [2.24, 2.45) is 5.92 Å². The van der Waals surface area contributed by atoms with E-state index in [2.05, 4.69) is 9.97 Å². The van der Waals surface area contributed by atoms with Crippen molar-refractivity contribution in [2.75, 3.05) is 17.1 Å². The normalized spacial score (nSPS) is 19.5. The Morgan fingerprint density at radius 1 is 1.17 bits per heavy atom. The highest BCUT2D eigenvalue weighted by Crippen LogP contribution is 2.40. The number of H-pyrrole nitrogens is 1. The van der Waals surface area contributed by atoms with Gasteiger partial charge in [-0.25, -0.2) is 13.4 Å². The van der Waals surface area contributed by atoms with Crippen molar-refractivity contribution >= 4 is 38.4 Å². The number of aromatic nitrogens is 2. The first-order valence-electron chi connectivity index (χ1n) is 9.82. The van der Waals surface area contributed by atoms with Gasteiger partial charge in [0.1, 0.15) is 5.65 Å². The molecule has 0 saturated heterocycles. The molecule has 1 aliphatic rings. The Hall–Kier alpha value is -3.07. The zero-order valence-corrected chi connectivity index (χ0v) is 17.4. The summed E-state index contributed by atoms with van der Waals surface area (Å²) in [7, 11) is -2.52. The van der Waals surface area contributed by atoms with E-state index >= 15 is 0 Å². The van der Waals surface area contributed by atoms with Crippen LogP contribution in [0.1, 0.15) is 25.7 Å². The molecule has 0 amide bonds. The van der Waals surface area contributed by atoms with E-state index in [1.165, 1.54) is 17.6 Å². The molecular formula is C21H24N4O4S. The number of carbonyl (C=O) groups excluding carboxylic acids is 1. The molecule has 0 bridgehead atoms. The molecule has 2 heterocycles. The van der Waals surface area contributed by atoms with Gasteiger partial charge in [0.2, 0.25) is 0 Å². The minimum absolute atomic E-state index is 0.194. The monoisotopic (exact) mass is 428 g/mol. The van der Waals surface area contributed by atoms with E-state index in [0.717, 1.165) is 0 Å². The smallest absolute Gasteiger partial charge is 0.308 e. The molecule has 3 aromatic rings. The SMILES string of the molecule is COC(=O)C1CCC(N(c2c(N)cnc3[nH]ccc23)S(=O)(=O)c2ccccc2)CC1. The van der Waals surface area contributed by atoms with E-state index in [1.807, 2.05) is 0 Å². The average molecular weight is 429 g/mol. The van der Waals surface area contributed by atoms with E-state index in [1.54, 1.807) is 42.6 Å². The molecule has 0 atom stereocenters. The van der Waals surface area contributed by atoms with E-state index in [-0.39, 0.29) is 28.5 Å². The lowest BCUT2D eigenvalue weighted by Gasteiger charge is -2.37. The fraction of sp³-hybridized carbons (Fsp3) is 0.333. The molecule has 4 rings (SSSR count). The number of nitrogen functional groups attached to an aromatic ring is 1. The van der Waals surface area contributed by atoms with Crippen LogP contribution in [0.2, 0.25) is 0 Å². The molecule has 8 nitrogen and oxygen atoms in total. The molecule has 1 aliphatic carbocycles. The number of anilines is 2. The van der Waals surface area contributed by atoms with E-state index < -0.39 is 10.0 Å². The number of nitrogens with zero attached hydrogens (tertiary/aromatic N) is 2. The maximum Gasteiger partial charge on any atom is 0.308 e. The van der Waals surface area contributed by atoms with Gasteiger partial charge in [0.25, 0.3) is 10.0 Å². The molecular weight excluding hydrogens is 404 g/mol. The fourth-order valence-electron chi connectivity index (χ4n) is 4.17. The second kappa shape index (κ2) is 7.98. The summed E-state index contributed by atoms with van der Waals surface area (Å²) in [4.78, 5) is 19.4. The third-order valence-corrected chi connectivity index (χ3v) is 7.54. The summed E-state index contributed by atoms with van der Waals surface area (Å²) in [5, 5.41) is 0.643. The lowest BCUT2D eigenvalue weighted by Crippen LogP contribution is -2.43. The van der Waals surface area contributed by atoms with Crippen molar-refractivity contribution in [3.8, 4) is 0 Å². The van der Waals surface area contributed by atoms with Gasteiger partial charge in [-0.05, 0) is 43.9 Å². The number of rotatable bonds is 5. The van der Waals surface area contributed by atoms with Gasteiger partial charge in [-0.3, -0.25) is 9.10 Å². The molecule has 3 N–H and O–H groups in total. The van der Waals surface area contributed by atoms with Gasteiger partial charge in [0.15, 0.2) is 0 Å². The molecule has 0 spiro atoms. The van der Waals surface area contributed by atoms with Crippen LogP contribution in [0.4, 0.5) is 11.4 Å². The Balaban J connectivity index is 1.82. The van der Waals surface area contributed by atoms with Crippen molar-refractivity contribution in [3.63, 3.8) is 0 Å². The lowest BCUT2D eigenvalue weighted by atomic mass is 9.86.